The van der Waals surface area contributed by atoms with Crippen LogP contribution in [0.4, 0.5) is 20.3 Å². The van der Waals surface area contributed by atoms with E-state index < -0.39 is 0 Å². The molecule has 0 atom stereocenters. The zero-order chi connectivity index (χ0) is 18.7. The van der Waals surface area contributed by atoms with Crippen LogP contribution in [0.15, 0.2) is 55.1 Å². The first-order valence-electron chi connectivity index (χ1n) is 8.33. The molecule has 0 bridgehead atoms. The van der Waals surface area contributed by atoms with Gasteiger partial charge in [0.05, 0.1) is 5.69 Å². The molecule has 0 aliphatic heterocycles. The minimum absolute atomic E-state index is 0.304. The molecule has 3 aromatic rings. The normalized spacial score (nSPS) is 10.6. The SMILES string of the molecule is C=C(CC)c1nc(-c2ccc(F)cc2)nc(Nc2ccc(F)cc2)c1C. The lowest BCUT2D eigenvalue weighted by Crippen LogP contribution is -2.05. The van der Waals surface area contributed by atoms with Crippen molar-refractivity contribution < 1.29 is 8.78 Å². The van der Waals surface area contributed by atoms with Crippen molar-refractivity contribution in [2.45, 2.75) is 20.3 Å². The highest BCUT2D eigenvalue weighted by Gasteiger charge is 2.14. The lowest BCUT2D eigenvalue weighted by atomic mass is 10.1. The highest BCUT2D eigenvalue weighted by atomic mass is 19.1. The highest BCUT2D eigenvalue weighted by Crippen LogP contribution is 2.29. The van der Waals surface area contributed by atoms with E-state index in [2.05, 4.69) is 21.9 Å². The zero-order valence-electron chi connectivity index (χ0n) is 14.7. The summed E-state index contributed by atoms with van der Waals surface area (Å²) in [5, 5.41) is 3.21. The molecule has 3 nitrogen and oxygen atoms in total. The Labute approximate surface area is 151 Å². The van der Waals surface area contributed by atoms with E-state index in [4.69, 9.17) is 0 Å². The molecule has 0 saturated heterocycles. The fourth-order valence-electron chi connectivity index (χ4n) is 2.55. The molecule has 26 heavy (non-hydrogen) atoms. The standard InChI is InChI=1S/C21H19F2N3/c1-4-13(2)19-14(3)20(24-18-11-9-17(23)10-12-18)26-21(25-19)15-5-7-16(22)8-6-15/h5-12H,2,4H2,1,3H3,(H,24,25,26). The summed E-state index contributed by atoms with van der Waals surface area (Å²) in [4.78, 5) is 9.21. The van der Waals surface area contributed by atoms with Gasteiger partial charge in [-0.25, -0.2) is 18.7 Å². The van der Waals surface area contributed by atoms with E-state index in [0.29, 0.717) is 22.9 Å². The van der Waals surface area contributed by atoms with Crippen molar-refractivity contribution in [3.05, 3.63) is 78.0 Å². The van der Waals surface area contributed by atoms with Crippen LogP contribution >= 0.6 is 0 Å². The van der Waals surface area contributed by atoms with Gasteiger partial charge in [0.1, 0.15) is 17.5 Å². The van der Waals surface area contributed by atoms with Gasteiger partial charge in [-0.15, -0.1) is 0 Å². The van der Waals surface area contributed by atoms with Crippen LogP contribution in [-0.4, -0.2) is 9.97 Å². The van der Waals surface area contributed by atoms with Gasteiger partial charge in [0, 0.05) is 16.8 Å². The van der Waals surface area contributed by atoms with Crippen LogP contribution < -0.4 is 5.32 Å². The third-order valence-electron chi connectivity index (χ3n) is 4.12. The maximum absolute atomic E-state index is 13.2. The van der Waals surface area contributed by atoms with Crippen LogP contribution in [0, 0.1) is 18.6 Å². The maximum atomic E-state index is 13.2. The molecule has 0 spiro atoms. The van der Waals surface area contributed by atoms with E-state index in [1.54, 1.807) is 24.3 Å². The number of allylic oxidation sites excluding steroid dienone is 1. The summed E-state index contributed by atoms with van der Waals surface area (Å²) in [6, 6.07) is 12.1. The second-order valence-electron chi connectivity index (χ2n) is 5.97. The molecule has 2 aromatic carbocycles. The van der Waals surface area contributed by atoms with Crippen molar-refractivity contribution in [1.82, 2.24) is 9.97 Å². The van der Waals surface area contributed by atoms with Crippen LogP contribution in [-0.2, 0) is 0 Å². The van der Waals surface area contributed by atoms with Gasteiger partial charge in [0.25, 0.3) is 0 Å². The summed E-state index contributed by atoms with van der Waals surface area (Å²) < 4.78 is 26.4. The molecule has 0 unspecified atom stereocenters. The molecule has 0 aliphatic rings. The quantitative estimate of drug-likeness (QED) is 0.622. The predicted molar refractivity (Wildman–Crippen MR) is 101 cm³/mol. The number of benzene rings is 2. The van der Waals surface area contributed by atoms with Gasteiger partial charge in [0.2, 0.25) is 0 Å². The maximum Gasteiger partial charge on any atom is 0.162 e. The third kappa shape index (κ3) is 3.77. The Morgan fingerprint density at radius 1 is 0.962 bits per heavy atom. The van der Waals surface area contributed by atoms with Gasteiger partial charge in [-0.2, -0.15) is 0 Å². The summed E-state index contributed by atoms with van der Waals surface area (Å²) in [6.07, 6.45) is 0.747. The molecule has 0 aliphatic carbocycles. The summed E-state index contributed by atoms with van der Waals surface area (Å²) >= 11 is 0. The zero-order valence-corrected chi connectivity index (χ0v) is 14.7. The number of halogens is 2. The number of hydrogen-bond acceptors (Lipinski definition) is 3. The molecule has 5 heteroatoms. The first-order valence-corrected chi connectivity index (χ1v) is 8.33. The molecule has 1 heterocycles. The van der Waals surface area contributed by atoms with E-state index in [1.165, 1.54) is 24.3 Å². The van der Waals surface area contributed by atoms with E-state index in [9.17, 15) is 8.78 Å². The Kier molecular flexibility index (Phi) is 5.07. The average molecular weight is 351 g/mol. The van der Waals surface area contributed by atoms with Crippen LogP contribution in [0.25, 0.3) is 17.0 Å². The highest BCUT2D eigenvalue weighted by molar-refractivity contribution is 5.72. The molecular formula is C21H19F2N3. The number of aromatic nitrogens is 2. The molecule has 0 fully saturated rings. The van der Waals surface area contributed by atoms with Gasteiger partial charge >= 0.3 is 0 Å². The Hall–Kier alpha value is -3.08. The molecule has 3 rings (SSSR count). The number of anilines is 2. The van der Waals surface area contributed by atoms with E-state index >= 15 is 0 Å². The van der Waals surface area contributed by atoms with Crippen molar-refractivity contribution in [1.29, 1.82) is 0 Å². The van der Waals surface area contributed by atoms with Crippen molar-refractivity contribution in [3.8, 4) is 11.4 Å². The van der Waals surface area contributed by atoms with E-state index in [-0.39, 0.29) is 11.6 Å². The number of nitrogens with zero attached hydrogens (tertiary/aromatic N) is 2. The predicted octanol–water partition coefficient (Wildman–Crippen LogP) is 5.90. The summed E-state index contributed by atoms with van der Waals surface area (Å²) in [6.45, 7) is 8.01. The molecule has 0 saturated carbocycles. The second-order valence-corrected chi connectivity index (χ2v) is 5.97. The van der Waals surface area contributed by atoms with Gasteiger partial charge in [-0.1, -0.05) is 13.5 Å². The molecular weight excluding hydrogens is 332 g/mol. The van der Waals surface area contributed by atoms with Crippen molar-refractivity contribution in [3.63, 3.8) is 0 Å². The lowest BCUT2D eigenvalue weighted by molar-refractivity contribution is 0.627. The fourth-order valence-corrected chi connectivity index (χ4v) is 2.55. The summed E-state index contributed by atoms with van der Waals surface area (Å²) in [5.74, 6) is 0.464. The lowest BCUT2D eigenvalue weighted by Gasteiger charge is -2.15. The van der Waals surface area contributed by atoms with Crippen molar-refractivity contribution >= 4 is 17.1 Å². The first-order chi connectivity index (χ1) is 12.5. The Morgan fingerprint density at radius 3 is 2.12 bits per heavy atom. The third-order valence-corrected chi connectivity index (χ3v) is 4.12. The number of hydrogen-bond donors (Lipinski definition) is 1. The molecule has 0 radical (unpaired) electrons. The summed E-state index contributed by atoms with van der Waals surface area (Å²) in [7, 11) is 0. The first kappa shape index (κ1) is 17.7. The van der Waals surface area contributed by atoms with Gasteiger partial charge in [0.15, 0.2) is 5.82 Å². The largest absolute Gasteiger partial charge is 0.340 e. The van der Waals surface area contributed by atoms with Crippen molar-refractivity contribution in [2.75, 3.05) is 5.32 Å². The molecule has 1 aromatic heterocycles. The number of nitrogens with one attached hydrogen (secondary N) is 1. The smallest absolute Gasteiger partial charge is 0.162 e. The average Bonchev–Trinajstić information content (AvgIpc) is 2.65. The fraction of sp³-hybridized carbons (Fsp3) is 0.143. The van der Waals surface area contributed by atoms with Crippen LogP contribution in [0.2, 0.25) is 0 Å². The van der Waals surface area contributed by atoms with Crippen molar-refractivity contribution in [2.24, 2.45) is 0 Å². The Bertz CT molecular complexity index is 933. The van der Waals surface area contributed by atoms with E-state index in [1.807, 2.05) is 13.8 Å². The minimum atomic E-state index is -0.316. The molecule has 132 valence electrons. The van der Waals surface area contributed by atoms with Crippen LogP contribution in [0.1, 0.15) is 24.6 Å². The van der Waals surface area contributed by atoms with Gasteiger partial charge in [-0.05, 0) is 67.4 Å². The second kappa shape index (κ2) is 7.44. The summed E-state index contributed by atoms with van der Waals surface area (Å²) in [5.41, 5.74) is 3.92. The Morgan fingerprint density at radius 2 is 1.54 bits per heavy atom. The monoisotopic (exact) mass is 351 g/mol. The number of rotatable bonds is 5. The molecule has 0 amide bonds. The minimum Gasteiger partial charge on any atom is -0.340 e. The van der Waals surface area contributed by atoms with Gasteiger partial charge in [-0.3, -0.25) is 0 Å². The molecule has 1 N–H and O–H groups in total. The Balaban J connectivity index is 2.09. The topological polar surface area (TPSA) is 37.8 Å². The van der Waals surface area contributed by atoms with E-state index in [0.717, 1.165) is 23.3 Å². The van der Waals surface area contributed by atoms with Gasteiger partial charge < -0.3 is 5.32 Å². The van der Waals surface area contributed by atoms with Crippen LogP contribution in [0.5, 0.6) is 0 Å². The van der Waals surface area contributed by atoms with Crippen LogP contribution in [0.3, 0.4) is 0 Å².